The Balaban J connectivity index is 0.00000264. The molecule has 0 spiro atoms. The van der Waals surface area contributed by atoms with Crippen LogP contribution in [0.25, 0.3) is 0 Å². The predicted molar refractivity (Wildman–Crippen MR) is 109 cm³/mol. The second-order valence-corrected chi connectivity index (χ2v) is 4.90. The van der Waals surface area contributed by atoms with Crippen molar-refractivity contribution in [2.24, 2.45) is 0 Å². The van der Waals surface area contributed by atoms with Crippen molar-refractivity contribution in [2.75, 3.05) is 23.8 Å². The maximum atomic E-state index is 5.40. The molecule has 0 aromatic heterocycles. The monoisotopic (exact) mass is 364 g/mol. The van der Waals surface area contributed by atoms with E-state index in [9.17, 15) is 0 Å². The van der Waals surface area contributed by atoms with E-state index in [1.54, 1.807) is 0 Å². The van der Waals surface area contributed by atoms with Crippen LogP contribution in [0.2, 0.25) is 0 Å². The van der Waals surface area contributed by atoms with E-state index >= 15 is 0 Å². The first-order chi connectivity index (χ1) is 10.7. The van der Waals surface area contributed by atoms with Gasteiger partial charge in [0.05, 0.1) is 13.2 Å². The van der Waals surface area contributed by atoms with Crippen LogP contribution in [-0.4, -0.2) is 88.6 Å². The van der Waals surface area contributed by atoms with E-state index < -0.39 is 0 Å². The second kappa shape index (κ2) is 13.2. The van der Waals surface area contributed by atoms with Crippen molar-refractivity contribution < 1.29 is 9.47 Å². The normalized spacial score (nSPS) is 9.08. The number of nitrogens with one attached hydrogen (secondary N) is 2. The molecule has 2 rings (SSSR count). The summed E-state index contributed by atoms with van der Waals surface area (Å²) < 4.78 is 10.8. The maximum absolute atomic E-state index is 5.40. The number of hydrogen-bond acceptors (Lipinski definition) is 3. The molecule has 7 heteroatoms. The van der Waals surface area contributed by atoms with Crippen molar-refractivity contribution in [1.82, 2.24) is 0 Å². The third-order valence-corrected chi connectivity index (χ3v) is 3.05. The first kappa shape index (κ1) is 24.0. The zero-order valence-corrected chi connectivity index (χ0v) is 13.6. The summed E-state index contributed by atoms with van der Waals surface area (Å²) in [4.78, 5) is 0. The third kappa shape index (κ3) is 8.37. The Kier molecular flexibility index (Phi) is 13.2. The quantitative estimate of drug-likeness (QED) is 0.609. The summed E-state index contributed by atoms with van der Waals surface area (Å²) in [6.07, 6.45) is 0. The Labute approximate surface area is 203 Å². The summed E-state index contributed by atoms with van der Waals surface area (Å²) in [5.74, 6) is 1.69. The zero-order valence-electron chi connectivity index (χ0n) is 12.8. The Hall–Kier alpha value is -0.0362. The summed E-state index contributed by atoms with van der Waals surface area (Å²) in [6, 6.07) is 15.3. The van der Waals surface area contributed by atoms with Gasteiger partial charge in [-0.3, -0.25) is 0 Å². The molecule has 120 valence electrons. The van der Waals surface area contributed by atoms with Gasteiger partial charge in [0.1, 0.15) is 11.5 Å². The van der Waals surface area contributed by atoms with Crippen LogP contribution >= 0.6 is 12.2 Å². The molecular formula is C17H22KLiN2O2S. The van der Waals surface area contributed by atoms with E-state index in [2.05, 4.69) is 10.6 Å². The van der Waals surface area contributed by atoms with E-state index in [0.717, 1.165) is 22.9 Å². The Morgan fingerprint density at radius 2 is 1.12 bits per heavy atom. The fraction of sp³-hybridized carbons (Fsp3) is 0.235. The van der Waals surface area contributed by atoms with Gasteiger partial charge < -0.3 is 20.1 Å². The van der Waals surface area contributed by atoms with Crippen LogP contribution in [0.4, 0.5) is 11.4 Å². The van der Waals surface area contributed by atoms with Crippen LogP contribution in [0.3, 0.4) is 0 Å². The van der Waals surface area contributed by atoms with Crippen LogP contribution in [-0.2, 0) is 0 Å². The molecule has 0 bridgehead atoms. The molecule has 0 atom stereocenters. The second-order valence-electron chi connectivity index (χ2n) is 4.49. The van der Waals surface area contributed by atoms with Gasteiger partial charge in [0.25, 0.3) is 0 Å². The van der Waals surface area contributed by atoms with E-state index in [0.29, 0.717) is 18.3 Å². The molecular weight excluding hydrogens is 342 g/mol. The van der Waals surface area contributed by atoms with Gasteiger partial charge in [-0.25, -0.2) is 0 Å². The van der Waals surface area contributed by atoms with Gasteiger partial charge in [0.2, 0.25) is 0 Å². The molecule has 0 aliphatic rings. The average molecular weight is 364 g/mol. The fourth-order valence-electron chi connectivity index (χ4n) is 1.90. The van der Waals surface area contributed by atoms with Gasteiger partial charge in [-0.2, -0.15) is 0 Å². The first-order valence-corrected chi connectivity index (χ1v) is 7.65. The Morgan fingerprint density at radius 3 is 1.42 bits per heavy atom. The molecule has 0 fully saturated rings. The summed E-state index contributed by atoms with van der Waals surface area (Å²) in [6.45, 7) is 5.24. The minimum absolute atomic E-state index is 0. The molecule has 0 unspecified atom stereocenters. The van der Waals surface area contributed by atoms with Gasteiger partial charge in [0, 0.05) is 11.4 Å². The molecule has 2 N–H and O–H groups in total. The Morgan fingerprint density at radius 1 is 0.792 bits per heavy atom. The third-order valence-electron chi connectivity index (χ3n) is 2.85. The predicted octanol–water partition coefficient (Wildman–Crippen LogP) is 3.00. The van der Waals surface area contributed by atoms with E-state index in [-0.39, 0.29) is 70.2 Å². The first-order valence-electron chi connectivity index (χ1n) is 7.25. The molecule has 4 nitrogen and oxygen atoms in total. The minimum atomic E-state index is 0. The van der Waals surface area contributed by atoms with Crippen molar-refractivity contribution in [3.63, 3.8) is 0 Å². The molecule has 0 saturated carbocycles. The average Bonchev–Trinajstić information content (AvgIpc) is 2.52. The van der Waals surface area contributed by atoms with Gasteiger partial charge in [0.15, 0.2) is 5.11 Å². The van der Waals surface area contributed by atoms with E-state index in [4.69, 9.17) is 21.7 Å². The zero-order chi connectivity index (χ0) is 15.8. The summed E-state index contributed by atoms with van der Waals surface area (Å²) >= 11 is 5.30. The van der Waals surface area contributed by atoms with Gasteiger partial charge in [-0.05, 0) is 74.6 Å². The van der Waals surface area contributed by atoms with Crippen molar-refractivity contribution in [2.45, 2.75) is 13.8 Å². The molecule has 0 saturated heterocycles. The number of benzene rings is 2. The fourth-order valence-corrected chi connectivity index (χ4v) is 2.13. The van der Waals surface area contributed by atoms with Crippen LogP contribution < -0.4 is 20.1 Å². The summed E-state index contributed by atoms with van der Waals surface area (Å²) in [5.41, 5.74) is 1.82. The SMILES string of the molecule is CCOc1ccc(NC(=S)Nc2ccc(OCC)cc2)cc1.[KH].[LiH]. The van der Waals surface area contributed by atoms with Crippen LogP contribution in [0.5, 0.6) is 11.5 Å². The number of ether oxygens (including phenoxy) is 2. The van der Waals surface area contributed by atoms with Gasteiger partial charge in [-0.15, -0.1) is 0 Å². The van der Waals surface area contributed by atoms with Crippen molar-refractivity contribution in [3.8, 4) is 11.5 Å². The Bertz CT molecular complexity index is 555. The van der Waals surface area contributed by atoms with Crippen LogP contribution in [0.15, 0.2) is 48.5 Å². The van der Waals surface area contributed by atoms with E-state index in [1.165, 1.54) is 0 Å². The van der Waals surface area contributed by atoms with Crippen LogP contribution in [0, 0.1) is 0 Å². The molecule has 0 heterocycles. The molecule has 0 radical (unpaired) electrons. The molecule has 0 aliphatic carbocycles. The van der Waals surface area contributed by atoms with E-state index in [1.807, 2.05) is 62.4 Å². The molecule has 24 heavy (non-hydrogen) atoms. The summed E-state index contributed by atoms with van der Waals surface area (Å²) in [5, 5.41) is 6.80. The van der Waals surface area contributed by atoms with Gasteiger partial charge >= 0.3 is 70.2 Å². The number of anilines is 2. The van der Waals surface area contributed by atoms with Crippen molar-refractivity contribution in [3.05, 3.63) is 48.5 Å². The number of rotatable bonds is 6. The molecule has 0 amide bonds. The van der Waals surface area contributed by atoms with Crippen molar-refractivity contribution in [1.29, 1.82) is 0 Å². The van der Waals surface area contributed by atoms with Crippen molar-refractivity contribution >= 4 is 99.0 Å². The topological polar surface area (TPSA) is 42.5 Å². The standard InChI is InChI=1S/C17H20N2O2S.K.Li.2H/c1-3-20-15-9-5-13(6-10-15)18-17(22)19-14-7-11-16(12-8-14)21-4-2;;;;/h5-12H,3-4H2,1-2H3,(H2,18,19,22);;;;. The molecule has 0 aliphatic heterocycles. The molecule has 2 aromatic rings. The van der Waals surface area contributed by atoms with Crippen LogP contribution in [0.1, 0.15) is 13.8 Å². The number of hydrogen-bond donors (Lipinski definition) is 2. The molecule has 2 aromatic carbocycles. The number of thiocarbonyl (C=S) groups is 1. The summed E-state index contributed by atoms with van der Waals surface area (Å²) in [7, 11) is 0. The van der Waals surface area contributed by atoms with Gasteiger partial charge in [-0.1, -0.05) is 0 Å².